The van der Waals surface area contributed by atoms with Crippen LogP contribution in [0.15, 0.2) is 24.3 Å². The Labute approximate surface area is 236 Å². The third kappa shape index (κ3) is 4.46. The van der Waals surface area contributed by atoms with Gasteiger partial charge < -0.3 is 14.2 Å². The first-order valence-electron chi connectivity index (χ1n) is 16.1. The van der Waals surface area contributed by atoms with Crippen LogP contribution in [0.1, 0.15) is 116 Å². The van der Waals surface area contributed by atoms with Crippen molar-refractivity contribution in [2.45, 2.75) is 123 Å². The molecule has 1 heterocycles. The van der Waals surface area contributed by atoms with E-state index in [2.05, 4.69) is 34.6 Å². The van der Waals surface area contributed by atoms with E-state index in [1.165, 1.54) is 51.4 Å². The molecule has 0 unspecified atom stereocenters. The molecule has 0 N–H and O–H groups in total. The highest BCUT2D eigenvalue weighted by molar-refractivity contribution is 5.89. The van der Waals surface area contributed by atoms with E-state index in [1.807, 2.05) is 12.1 Å². The molecule has 6 rings (SSSR count). The number of carbonyl (C=O) groups excluding carboxylic acids is 1. The molecular weight excluding hydrogens is 484 g/mol. The van der Waals surface area contributed by atoms with Crippen LogP contribution in [0.25, 0.3) is 0 Å². The molecule has 0 radical (unpaired) electrons. The molecule has 5 aliphatic rings. The van der Waals surface area contributed by atoms with E-state index in [4.69, 9.17) is 14.2 Å². The van der Waals surface area contributed by atoms with Gasteiger partial charge in [-0.3, -0.25) is 0 Å². The van der Waals surface area contributed by atoms with Crippen LogP contribution in [-0.4, -0.2) is 30.9 Å². The summed E-state index contributed by atoms with van der Waals surface area (Å²) in [6.45, 7) is 12.5. The van der Waals surface area contributed by atoms with Gasteiger partial charge in [0.25, 0.3) is 0 Å². The second kappa shape index (κ2) is 10.1. The van der Waals surface area contributed by atoms with Crippen molar-refractivity contribution in [3.05, 3.63) is 29.8 Å². The Balaban J connectivity index is 1.12. The Morgan fingerprint density at radius 3 is 2.49 bits per heavy atom. The summed E-state index contributed by atoms with van der Waals surface area (Å²) in [7, 11) is 1.64. The molecule has 4 saturated carbocycles. The smallest absolute Gasteiger partial charge is 0.338 e. The number of methoxy groups -OCH3 is 1. The predicted octanol–water partition coefficient (Wildman–Crippen LogP) is 8.47. The number of epoxide rings is 1. The van der Waals surface area contributed by atoms with Gasteiger partial charge in [-0.15, -0.1) is 0 Å². The van der Waals surface area contributed by atoms with Crippen LogP contribution in [0.2, 0.25) is 0 Å². The lowest BCUT2D eigenvalue weighted by Crippen LogP contribution is -2.59. The molecule has 5 fully saturated rings. The first-order valence-corrected chi connectivity index (χ1v) is 16.1. The number of carbonyl (C=O) groups is 1. The average molecular weight is 537 g/mol. The number of benzene rings is 1. The zero-order valence-corrected chi connectivity index (χ0v) is 25.3. The van der Waals surface area contributed by atoms with E-state index in [-0.39, 0.29) is 23.1 Å². The molecule has 0 bridgehead atoms. The van der Waals surface area contributed by atoms with E-state index >= 15 is 0 Å². The average Bonchev–Trinajstić information content (AvgIpc) is 3.49. The lowest BCUT2D eigenvalue weighted by Gasteiger charge is -2.59. The number of fused-ring (bicyclic) bond motifs is 4. The molecule has 4 aliphatic carbocycles. The fourth-order valence-corrected chi connectivity index (χ4v) is 10.7. The SMILES string of the molecule is COc1ccc(C(=O)O[C@H]2CC[C@]3(C)[C@@H]4CC[C@@]5(C)[C@H](CC[C@H]5[C@H](C)CCCC(C)C)[C@H]4C[C@@H]4O[C@@]43C2)cc1. The van der Waals surface area contributed by atoms with Crippen LogP contribution < -0.4 is 4.74 Å². The van der Waals surface area contributed by atoms with Gasteiger partial charge >= 0.3 is 5.97 Å². The molecule has 4 nitrogen and oxygen atoms in total. The molecular formula is C35H52O4. The number of ether oxygens (including phenoxy) is 3. The second-order valence-electron chi connectivity index (χ2n) is 15.1. The zero-order valence-electron chi connectivity index (χ0n) is 25.3. The Hall–Kier alpha value is -1.55. The molecule has 0 amide bonds. The number of hydrogen-bond donors (Lipinski definition) is 0. The Bertz CT molecular complexity index is 1050. The van der Waals surface area contributed by atoms with Gasteiger partial charge in [0, 0.05) is 11.8 Å². The Morgan fingerprint density at radius 1 is 1.00 bits per heavy atom. The van der Waals surface area contributed by atoms with Crippen molar-refractivity contribution in [3.63, 3.8) is 0 Å². The zero-order chi connectivity index (χ0) is 27.6. The van der Waals surface area contributed by atoms with Gasteiger partial charge in [0.1, 0.15) is 17.5 Å². The van der Waals surface area contributed by atoms with Crippen LogP contribution in [0.5, 0.6) is 5.75 Å². The van der Waals surface area contributed by atoms with E-state index in [0.717, 1.165) is 60.5 Å². The van der Waals surface area contributed by atoms with Gasteiger partial charge in [0.05, 0.1) is 18.8 Å². The molecule has 1 aliphatic heterocycles. The molecule has 39 heavy (non-hydrogen) atoms. The number of rotatable bonds is 8. The summed E-state index contributed by atoms with van der Waals surface area (Å²) in [6.07, 6.45) is 14.3. The molecule has 10 atom stereocenters. The minimum atomic E-state index is -0.221. The van der Waals surface area contributed by atoms with Gasteiger partial charge in [0.2, 0.25) is 0 Å². The minimum Gasteiger partial charge on any atom is -0.497 e. The molecule has 0 aromatic heterocycles. The fourth-order valence-electron chi connectivity index (χ4n) is 10.7. The highest BCUT2D eigenvalue weighted by Gasteiger charge is 2.76. The van der Waals surface area contributed by atoms with Crippen molar-refractivity contribution < 1.29 is 19.0 Å². The van der Waals surface area contributed by atoms with Gasteiger partial charge in [-0.2, -0.15) is 0 Å². The molecule has 216 valence electrons. The van der Waals surface area contributed by atoms with Crippen molar-refractivity contribution in [3.8, 4) is 5.75 Å². The Morgan fingerprint density at radius 2 is 1.77 bits per heavy atom. The topological polar surface area (TPSA) is 48.1 Å². The Kier molecular flexibility index (Phi) is 7.13. The summed E-state index contributed by atoms with van der Waals surface area (Å²) < 4.78 is 18.1. The highest BCUT2D eigenvalue weighted by Crippen LogP contribution is 2.74. The van der Waals surface area contributed by atoms with Crippen LogP contribution in [0.3, 0.4) is 0 Å². The quantitative estimate of drug-likeness (QED) is 0.247. The third-order valence-electron chi connectivity index (χ3n) is 12.8. The first kappa shape index (κ1) is 27.6. The lowest BCUT2D eigenvalue weighted by atomic mass is 9.44. The molecule has 1 aromatic rings. The van der Waals surface area contributed by atoms with Crippen molar-refractivity contribution in [1.82, 2.24) is 0 Å². The fraction of sp³-hybridized carbons (Fsp3) is 0.800. The maximum Gasteiger partial charge on any atom is 0.338 e. The normalized spacial score (nSPS) is 43.1. The summed E-state index contributed by atoms with van der Waals surface area (Å²) in [4.78, 5) is 12.9. The van der Waals surface area contributed by atoms with Crippen molar-refractivity contribution in [2.75, 3.05) is 7.11 Å². The summed E-state index contributed by atoms with van der Waals surface area (Å²) >= 11 is 0. The van der Waals surface area contributed by atoms with Crippen LogP contribution >= 0.6 is 0 Å². The van der Waals surface area contributed by atoms with E-state index in [1.54, 1.807) is 19.2 Å². The number of hydrogen-bond acceptors (Lipinski definition) is 4. The minimum absolute atomic E-state index is 0.0503. The molecule has 1 saturated heterocycles. The summed E-state index contributed by atoms with van der Waals surface area (Å²) in [5, 5.41) is 0. The maximum absolute atomic E-state index is 12.9. The lowest BCUT2D eigenvalue weighted by molar-refractivity contribution is -0.118. The summed E-state index contributed by atoms with van der Waals surface area (Å²) in [5.74, 6) is 5.51. The van der Waals surface area contributed by atoms with Gasteiger partial charge in [-0.05, 0) is 110 Å². The third-order valence-corrected chi connectivity index (χ3v) is 12.8. The van der Waals surface area contributed by atoms with Gasteiger partial charge in [-0.25, -0.2) is 4.79 Å². The van der Waals surface area contributed by atoms with Crippen molar-refractivity contribution in [1.29, 1.82) is 0 Å². The standard InChI is InChI=1S/C35H52O4/c1-22(2)8-7-9-23(3)28-14-15-29-27-20-31-35(39-31)21-26(38-32(36)24-10-12-25(37-6)13-11-24)16-19-34(35,5)30(27)17-18-33(28,29)4/h10-13,22-23,26-31H,7-9,14-21H2,1-6H3/t23-,26+,27-,28+,29-,30-,31+,33-,34-,35+/m1/s1. The van der Waals surface area contributed by atoms with Crippen molar-refractivity contribution in [2.24, 2.45) is 46.3 Å². The number of esters is 1. The molecule has 1 aromatic carbocycles. The highest BCUT2D eigenvalue weighted by atomic mass is 16.6. The van der Waals surface area contributed by atoms with E-state index in [9.17, 15) is 4.79 Å². The monoisotopic (exact) mass is 536 g/mol. The molecule has 1 spiro atoms. The van der Waals surface area contributed by atoms with E-state index in [0.29, 0.717) is 17.1 Å². The van der Waals surface area contributed by atoms with E-state index < -0.39 is 0 Å². The summed E-state index contributed by atoms with van der Waals surface area (Å²) in [6, 6.07) is 7.25. The first-order chi connectivity index (χ1) is 18.6. The van der Waals surface area contributed by atoms with Gasteiger partial charge in [0.15, 0.2) is 0 Å². The van der Waals surface area contributed by atoms with Gasteiger partial charge in [-0.1, -0.05) is 53.9 Å². The second-order valence-corrected chi connectivity index (χ2v) is 15.1. The van der Waals surface area contributed by atoms with Crippen molar-refractivity contribution >= 4 is 5.97 Å². The largest absolute Gasteiger partial charge is 0.497 e. The maximum atomic E-state index is 12.9. The van der Waals surface area contributed by atoms with Crippen LogP contribution in [0, 0.1) is 46.3 Å². The van der Waals surface area contributed by atoms with Crippen LogP contribution in [-0.2, 0) is 9.47 Å². The predicted molar refractivity (Wildman–Crippen MR) is 155 cm³/mol. The van der Waals surface area contributed by atoms with Crippen LogP contribution in [0.4, 0.5) is 0 Å². The molecule has 4 heteroatoms. The summed E-state index contributed by atoms with van der Waals surface area (Å²) in [5.41, 5.74) is 1.24.